The number of likely N-dealkylation sites (tertiary alicyclic amines) is 1. The van der Waals surface area contributed by atoms with E-state index in [2.05, 4.69) is 32.1 Å². The quantitative estimate of drug-likeness (QED) is 0.930. The van der Waals surface area contributed by atoms with Crippen molar-refractivity contribution in [2.75, 3.05) is 25.0 Å². The molecule has 1 aliphatic rings. The fraction of sp³-hybridized carbons (Fsp3) is 0.529. The Morgan fingerprint density at radius 3 is 2.54 bits per heavy atom. The van der Waals surface area contributed by atoms with Gasteiger partial charge in [0.05, 0.1) is 11.3 Å². The lowest BCUT2D eigenvalue weighted by Crippen LogP contribution is -2.46. The molecular weight excluding hydrogens is 304 g/mol. The maximum Gasteiger partial charge on any atom is 0.257 e. The first kappa shape index (κ1) is 16.4. The van der Waals surface area contributed by atoms with Crippen molar-refractivity contribution in [3.63, 3.8) is 0 Å². The normalized spacial score (nSPS) is 15.6. The van der Waals surface area contributed by atoms with E-state index >= 15 is 0 Å². The third-order valence-corrected chi connectivity index (χ3v) is 4.79. The Bertz CT molecular complexity index is 713. The summed E-state index contributed by atoms with van der Waals surface area (Å²) in [4.78, 5) is 25.4. The SMILES string of the molecule is Cc1cc(N(C)C2CCN(C(=O)c3c(C)n[nH]c3C)CC2)ncn1. The maximum absolute atomic E-state index is 12.7. The molecule has 0 unspecified atom stereocenters. The van der Waals surface area contributed by atoms with Gasteiger partial charge in [-0.25, -0.2) is 9.97 Å². The Balaban J connectivity index is 1.64. The number of aryl methyl sites for hydroxylation is 3. The van der Waals surface area contributed by atoms with Crippen molar-refractivity contribution in [1.29, 1.82) is 0 Å². The van der Waals surface area contributed by atoms with Crippen LogP contribution in [-0.2, 0) is 0 Å². The van der Waals surface area contributed by atoms with Gasteiger partial charge in [0.2, 0.25) is 0 Å². The van der Waals surface area contributed by atoms with Gasteiger partial charge in [-0.2, -0.15) is 5.10 Å². The number of nitrogens with zero attached hydrogens (tertiary/aromatic N) is 5. The van der Waals surface area contributed by atoms with E-state index in [1.54, 1.807) is 6.33 Å². The second kappa shape index (κ2) is 6.59. The highest BCUT2D eigenvalue weighted by Crippen LogP contribution is 2.22. The number of piperidine rings is 1. The smallest absolute Gasteiger partial charge is 0.257 e. The van der Waals surface area contributed by atoms with Gasteiger partial charge in [0.25, 0.3) is 5.91 Å². The van der Waals surface area contributed by atoms with Crippen molar-refractivity contribution < 1.29 is 4.79 Å². The molecule has 2 aromatic rings. The number of anilines is 1. The van der Waals surface area contributed by atoms with Crippen molar-refractivity contribution in [3.8, 4) is 0 Å². The first-order valence-corrected chi connectivity index (χ1v) is 8.29. The maximum atomic E-state index is 12.7. The van der Waals surface area contributed by atoms with Crippen molar-refractivity contribution in [2.45, 2.75) is 39.7 Å². The predicted molar refractivity (Wildman–Crippen MR) is 92.2 cm³/mol. The van der Waals surface area contributed by atoms with E-state index in [1.807, 2.05) is 31.7 Å². The lowest BCUT2D eigenvalue weighted by molar-refractivity contribution is 0.0712. The van der Waals surface area contributed by atoms with Crippen molar-refractivity contribution >= 4 is 11.7 Å². The number of nitrogens with one attached hydrogen (secondary N) is 1. The zero-order chi connectivity index (χ0) is 17.3. The second-order valence-corrected chi connectivity index (χ2v) is 6.46. The van der Waals surface area contributed by atoms with E-state index in [0.717, 1.165) is 48.8 Å². The molecule has 7 nitrogen and oxygen atoms in total. The molecule has 0 aliphatic carbocycles. The topological polar surface area (TPSA) is 78.0 Å². The van der Waals surface area contributed by atoms with Gasteiger partial charge < -0.3 is 9.80 Å². The Kier molecular flexibility index (Phi) is 4.51. The fourth-order valence-corrected chi connectivity index (χ4v) is 3.30. The molecule has 0 radical (unpaired) electrons. The summed E-state index contributed by atoms with van der Waals surface area (Å²) in [5.41, 5.74) is 3.29. The Labute approximate surface area is 142 Å². The second-order valence-electron chi connectivity index (χ2n) is 6.46. The molecule has 7 heteroatoms. The number of aromatic amines is 1. The average molecular weight is 328 g/mol. The van der Waals surface area contributed by atoms with Crippen LogP contribution < -0.4 is 4.90 Å². The van der Waals surface area contributed by atoms with Gasteiger partial charge in [-0.15, -0.1) is 0 Å². The summed E-state index contributed by atoms with van der Waals surface area (Å²) >= 11 is 0. The summed E-state index contributed by atoms with van der Waals surface area (Å²) in [6.07, 6.45) is 3.47. The molecule has 24 heavy (non-hydrogen) atoms. The van der Waals surface area contributed by atoms with Gasteiger partial charge in [0, 0.05) is 43.6 Å². The summed E-state index contributed by atoms with van der Waals surface area (Å²) in [6.45, 7) is 7.24. The fourth-order valence-electron chi connectivity index (χ4n) is 3.30. The Morgan fingerprint density at radius 1 is 1.25 bits per heavy atom. The molecule has 0 spiro atoms. The van der Waals surface area contributed by atoms with E-state index in [9.17, 15) is 4.79 Å². The number of H-pyrrole nitrogens is 1. The molecule has 1 aliphatic heterocycles. The molecular formula is C17H24N6O. The van der Waals surface area contributed by atoms with Crippen LogP contribution in [0.15, 0.2) is 12.4 Å². The molecule has 128 valence electrons. The molecule has 0 bridgehead atoms. The summed E-state index contributed by atoms with van der Waals surface area (Å²) in [6, 6.07) is 2.38. The van der Waals surface area contributed by atoms with Gasteiger partial charge in [-0.05, 0) is 33.6 Å². The highest BCUT2D eigenvalue weighted by Gasteiger charge is 2.28. The van der Waals surface area contributed by atoms with Crippen LogP contribution in [0.5, 0.6) is 0 Å². The first-order chi connectivity index (χ1) is 11.5. The van der Waals surface area contributed by atoms with Gasteiger partial charge in [-0.1, -0.05) is 0 Å². The van der Waals surface area contributed by atoms with Crippen LogP contribution in [0.2, 0.25) is 0 Å². The zero-order valence-corrected chi connectivity index (χ0v) is 14.7. The summed E-state index contributed by atoms with van der Waals surface area (Å²) in [7, 11) is 2.06. The Morgan fingerprint density at radius 2 is 1.96 bits per heavy atom. The van der Waals surface area contributed by atoms with E-state index in [-0.39, 0.29) is 5.91 Å². The zero-order valence-electron chi connectivity index (χ0n) is 14.7. The summed E-state index contributed by atoms with van der Waals surface area (Å²) < 4.78 is 0. The number of amides is 1. The standard InChI is InChI=1S/C17H24N6O/c1-11-9-15(19-10-18-11)22(4)14-5-7-23(8-6-14)17(24)16-12(2)20-21-13(16)3/h9-10,14H,5-8H2,1-4H3,(H,20,21). The highest BCUT2D eigenvalue weighted by atomic mass is 16.2. The van der Waals surface area contributed by atoms with Crippen LogP contribution in [-0.4, -0.2) is 57.2 Å². The van der Waals surface area contributed by atoms with Crippen molar-refractivity contribution in [1.82, 2.24) is 25.1 Å². The van der Waals surface area contributed by atoms with Gasteiger partial charge in [0.1, 0.15) is 12.1 Å². The van der Waals surface area contributed by atoms with Gasteiger partial charge in [-0.3, -0.25) is 9.89 Å². The molecule has 1 N–H and O–H groups in total. The number of carbonyl (C=O) groups excluding carboxylic acids is 1. The molecule has 1 saturated heterocycles. The monoisotopic (exact) mass is 328 g/mol. The number of hydrogen-bond acceptors (Lipinski definition) is 5. The molecule has 2 aromatic heterocycles. The van der Waals surface area contributed by atoms with Crippen molar-refractivity contribution in [2.24, 2.45) is 0 Å². The molecule has 0 aromatic carbocycles. The highest BCUT2D eigenvalue weighted by molar-refractivity contribution is 5.96. The van der Waals surface area contributed by atoms with E-state index in [1.165, 1.54) is 0 Å². The molecule has 1 amide bonds. The lowest BCUT2D eigenvalue weighted by Gasteiger charge is -2.37. The van der Waals surface area contributed by atoms with Crippen LogP contribution in [0.4, 0.5) is 5.82 Å². The van der Waals surface area contributed by atoms with Crippen LogP contribution in [0.25, 0.3) is 0 Å². The van der Waals surface area contributed by atoms with Gasteiger partial charge in [0.15, 0.2) is 0 Å². The number of carbonyl (C=O) groups is 1. The van der Waals surface area contributed by atoms with Gasteiger partial charge >= 0.3 is 0 Å². The minimum atomic E-state index is 0.0812. The molecule has 0 saturated carbocycles. The number of hydrogen-bond donors (Lipinski definition) is 1. The third-order valence-electron chi connectivity index (χ3n) is 4.79. The average Bonchev–Trinajstić information content (AvgIpc) is 2.92. The van der Waals surface area contributed by atoms with E-state index in [0.29, 0.717) is 11.6 Å². The lowest BCUT2D eigenvalue weighted by atomic mass is 10.0. The third kappa shape index (κ3) is 3.11. The van der Waals surface area contributed by atoms with Crippen LogP contribution >= 0.6 is 0 Å². The first-order valence-electron chi connectivity index (χ1n) is 8.29. The summed E-state index contributed by atoms with van der Waals surface area (Å²) in [5.74, 6) is 1.02. The predicted octanol–water partition coefficient (Wildman–Crippen LogP) is 1.87. The van der Waals surface area contributed by atoms with E-state index in [4.69, 9.17) is 0 Å². The molecule has 0 atom stereocenters. The minimum absolute atomic E-state index is 0.0812. The number of rotatable bonds is 3. The van der Waals surface area contributed by atoms with Crippen molar-refractivity contribution in [3.05, 3.63) is 35.0 Å². The molecule has 3 heterocycles. The van der Waals surface area contributed by atoms with E-state index < -0.39 is 0 Å². The van der Waals surface area contributed by atoms with Crippen LogP contribution in [0.1, 0.15) is 40.3 Å². The molecule has 3 rings (SSSR count). The Hall–Kier alpha value is -2.44. The number of aromatic nitrogens is 4. The minimum Gasteiger partial charge on any atom is -0.356 e. The van der Waals surface area contributed by atoms with Crippen LogP contribution in [0, 0.1) is 20.8 Å². The molecule has 1 fully saturated rings. The largest absolute Gasteiger partial charge is 0.356 e. The summed E-state index contributed by atoms with van der Waals surface area (Å²) in [5, 5.41) is 7.02. The van der Waals surface area contributed by atoms with Crippen LogP contribution in [0.3, 0.4) is 0 Å².